The molecule has 0 amide bonds. The summed E-state index contributed by atoms with van der Waals surface area (Å²) in [5.74, 6) is -0.662. The number of para-hydroxylation sites is 1. The van der Waals surface area contributed by atoms with Gasteiger partial charge < -0.3 is 23.7 Å². The molecule has 0 fully saturated rings. The average Bonchev–Trinajstić information content (AvgIpc) is 3.16. The van der Waals surface area contributed by atoms with Gasteiger partial charge in [0.2, 0.25) is 18.0 Å². The van der Waals surface area contributed by atoms with Crippen LogP contribution in [0.2, 0.25) is 0 Å². The highest BCUT2D eigenvalue weighted by molar-refractivity contribution is 5.78. The largest absolute Gasteiger partial charge is 0.502 e. The van der Waals surface area contributed by atoms with Gasteiger partial charge in [-0.25, -0.2) is 0 Å². The number of benzene rings is 2. The van der Waals surface area contributed by atoms with Crippen molar-refractivity contribution >= 4 is 16.9 Å². The predicted molar refractivity (Wildman–Crippen MR) is 95.2 cm³/mol. The van der Waals surface area contributed by atoms with Crippen LogP contribution in [0.15, 0.2) is 51.7 Å². The van der Waals surface area contributed by atoms with Crippen LogP contribution in [0.5, 0.6) is 17.2 Å². The van der Waals surface area contributed by atoms with Crippen molar-refractivity contribution in [1.29, 1.82) is 0 Å². The van der Waals surface area contributed by atoms with E-state index in [9.17, 15) is 14.7 Å². The summed E-state index contributed by atoms with van der Waals surface area (Å²) in [6.07, 6.45) is -0.120. The molecule has 7 nitrogen and oxygen atoms in total. The molecule has 1 aromatic heterocycles. The van der Waals surface area contributed by atoms with E-state index in [2.05, 4.69) is 0 Å². The molecule has 3 aromatic rings. The summed E-state index contributed by atoms with van der Waals surface area (Å²) in [6.45, 7) is 0.108. The van der Waals surface area contributed by atoms with E-state index in [1.807, 2.05) is 0 Å². The minimum absolute atomic E-state index is 0.00275. The molecular weight excluding hydrogens is 352 g/mol. The Labute approximate surface area is 153 Å². The van der Waals surface area contributed by atoms with Crippen LogP contribution in [0, 0.1) is 0 Å². The van der Waals surface area contributed by atoms with E-state index in [-0.39, 0.29) is 24.4 Å². The van der Waals surface area contributed by atoms with Crippen LogP contribution < -0.4 is 14.9 Å². The monoisotopic (exact) mass is 368 g/mol. The Morgan fingerprint density at radius 3 is 2.78 bits per heavy atom. The molecule has 2 aromatic carbocycles. The van der Waals surface area contributed by atoms with Crippen molar-refractivity contribution in [1.82, 2.24) is 0 Å². The summed E-state index contributed by atoms with van der Waals surface area (Å²) < 4.78 is 21.3. The summed E-state index contributed by atoms with van der Waals surface area (Å²) in [6, 6.07) is 11.7. The molecule has 0 aliphatic carbocycles. The summed E-state index contributed by atoms with van der Waals surface area (Å²) in [5, 5.41) is 10.8. The number of aromatic hydroxyl groups is 1. The highest BCUT2D eigenvalue weighted by atomic mass is 16.7. The molecule has 1 N–H and O–H groups in total. The molecule has 138 valence electrons. The Morgan fingerprint density at radius 2 is 1.96 bits per heavy atom. The van der Waals surface area contributed by atoms with Crippen molar-refractivity contribution in [3.63, 3.8) is 0 Å². The Bertz CT molecular complexity index is 1080. The third-order valence-corrected chi connectivity index (χ3v) is 4.51. The van der Waals surface area contributed by atoms with Gasteiger partial charge in [0.25, 0.3) is 0 Å². The fourth-order valence-electron chi connectivity index (χ4n) is 3.13. The van der Waals surface area contributed by atoms with Gasteiger partial charge in [0.05, 0.1) is 24.8 Å². The Balaban J connectivity index is 1.89. The molecule has 7 heteroatoms. The molecule has 0 spiro atoms. The van der Waals surface area contributed by atoms with Crippen molar-refractivity contribution in [2.24, 2.45) is 0 Å². The second-order valence-corrected chi connectivity index (χ2v) is 6.09. The van der Waals surface area contributed by atoms with Gasteiger partial charge in [-0.1, -0.05) is 18.2 Å². The van der Waals surface area contributed by atoms with E-state index >= 15 is 0 Å². The molecule has 1 atom stereocenters. The topological polar surface area (TPSA) is 95.2 Å². The van der Waals surface area contributed by atoms with Crippen LogP contribution >= 0.6 is 0 Å². The smallest absolute Gasteiger partial charge is 0.306 e. The lowest BCUT2D eigenvalue weighted by Gasteiger charge is -2.17. The number of esters is 1. The molecule has 1 aliphatic rings. The molecule has 1 aliphatic heterocycles. The average molecular weight is 368 g/mol. The Hall–Kier alpha value is -3.48. The zero-order valence-corrected chi connectivity index (χ0v) is 14.4. The van der Waals surface area contributed by atoms with Gasteiger partial charge in [0.15, 0.2) is 17.3 Å². The fourth-order valence-corrected chi connectivity index (χ4v) is 3.13. The number of ether oxygens (including phenoxy) is 3. The van der Waals surface area contributed by atoms with Gasteiger partial charge in [-0.15, -0.1) is 0 Å². The van der Waals surface area contributed by atoms with E-state index < -0.39 is 23.1 Å². The van der Waals surface area contributed by atoms with Crippen molar-refractivity contribution in [3.8, 4) is 17.2 Å². The van der Waals surface area contributed by atoms with Crippen LogP contribution in [0.3, 0.4) is 0 Å². The maximum atomic E-state index is 12.6. The Kier molecular flexibility index (Phi) is 4.19. The summed E-state index contributed by atoms with van der Waals surface area (Å²) in [4.78, 5) is 24.5. The molecule has 27 heavy (non-hydrogen) atoms. The minimum atomic E-state index is -0.732. The van der Waals surface area contributed by atoms with Gasteiger partial charge in [0.1, 0.15) is 5.58 Å². The standard InChI is InChI=1S/C20H16O7/c1-24-17(21)9-13(11-6-7-15-16(8-11)26-10-25-15)20-19(23)18(22)12-4-2-3-5-14(12)27-20/h2-8,13,23H,9-10H2,1H3/t13-/m1/s1. The molecular formula is C20H16O7. The highest BCUT2D eigenvalue weighted by Gasteiger charge is 2.28. The van der Waals surface area contributed by atoms with Gasteiger partial charge in [-0.2, -0.15) is 0 Å². The molecule has 0 unspecified atom stereocenters. The normalized spacial score (nSPS) is 13.5. The van der Waals surface area contributed by atoms with Crippen LogP contribution in [0.1, 0.15) is 23.7 Å². The first-order valence-corrected chi connectivity index (χ1v) is 8.29. The predicted octanol–water partition coefficient (Wildman–Crippen LogP) is 2.92. The van der Waals surface area contributed by atoms with Gasteiger partial charge in [0, 0.05) is 0 Å². The van der Waals surface area contributed by atoms with Crippen molar-refractivity contribution in [2.45, 2.75) is 12.3 Å². The second-order valence-electron chi connectivity index (χ2n) is 6.09. The van der Waals surface area contributed by atoms with Gasteiger partial charge in [-0.05, 0) is 29.8 Å². The third kappa shape index (κ3) is 2.97. The van der Waals surface area contributed by atoms with Gasteiger partial charge in [-0.3, -0.25) is 9.59 Å². The zero-order chi connectivity index (χ0) is 19.0. The van der Waals surface area contributed by atoms with Crippen LogP contribution in [0.25, 0.3) is 11.0 Å². The maximum absolute atomic E-state index is 12.6. The Morgan fingerprint density at radius 1 is 1.19 bits per heavy atom. The number of carbonyl (C=O) groups is 1. The number of hydrogen-bond acceptors (Lipinski definition) is 7. The summed E-state index contributed by atoms with van der Waals surface area (Å²) in [5.41, 5.74) is 0.395. The zero-order valence-electron chi connectivity index (χ0n) is 14.4. The van der Waals surface area contributed by atoms with Crippen molar-refractivity contribution in [2.75, 3.05) is 13.9 Å². The van der Waals surface area contributed by atoms with Crippen LogP contribution in [-0.2, 0) is 9.53 Å². The number of rotatable bonds is 4. The first-order valence-electron chi connectivity index (χ1n) is 8.29. The number of methoxy groups -OCH3 is 1. The second kappa shape index (κ2) is 6.68. The first-order chi connectivity index (χ1) is 13.1. The third-order valence-electron chi connectivity index (χ3n) is 4.51. The van der Waals surface area contributed by atoms with Crippen LogP contribution in [-0.4, -0.2) is 25.0 Å². The first kappa shape index (κ1) is 17.0. The number of hydrogen-bond donors (Lipinski definition) is 1. The van der Waals surface area contributed by atoms with Crippen LogP contribution in [0.4, 0.5) is 0 Å². The molecule has 0 radical (unpaired) electrons. The molecule has 0 saturated carbocycles. The number of carbonyl (C=O) groups excluding carboxylic acids is 1. The van der Waals surface area contributed by atoms with E-state index in [0.717, 1.165) is 0 Å². The lowest BCUT2D eigenvalue weighted by Crippen LogP contribution is -2.13. The summed E-state index contributed by atoms with van der Waals surface area (Å²) >= 11 is 0. The molecule has 2 heterocycles. The molecule has 0 saturated heterocycles. The van der Waals surface area contributed by atoms with E-state index in [1.54, 1.807) is 42.5 Å². The maximum Gasteiger partial charge on any atom is 0.306 e. The fraction of sp³-hybridized carbons (Fsp3) is 0.200. The lowest BCUT2D eigenvalue weighted by molar-refractivity contribution is -0.140. The SMILES string of the molecule is COC(=O)C[C@H](c1ccc2c(c1)OCO2)c1oc2ccccc2c(=O)c1O. The molecule has 4 rings (SSSR count). The minimum Gasteiger partial charge on any atom is -0.502 e. The van der Waals surface area contributed by atoms with E-state index in [1.165, 1.54) is 7.11 Å². The molecule has 0 bridgehead atoms. The van der Waals surface area contributed by atoms with E-state index in [0.29, 0.717) is 22.6 Å². The summed E-state index contributed by atoms with van der Waals surface area (Å²) in [7, 11) is 1.27. The highest BCUT2D eigenvalue weighted by Crippen LogP contribution is 2.40. The van der Waals surface area contributed by atoms with Crippen molar-refractivity contribution < 1.29 is 28.5 Å². The van der Waals surface area contributed by atoms with Gasteiger partial charge >= 0.3 is 5.97 Å². The van der Waals surface area contributed by atoms with Crippen molar-refractivity contribution in [3.05, 3.63) is 64.0 Å². The number of fused-ring (bicyclic) bond motifs is 2. The van der Waals surface area contributed by atoms with E-state index in [4.69, 9.17) is 18.6 Å². The lowest BCUT2D eigenvalue weighted by atomic mass is 9.91. The quantitative estimate of drug-likeness (QED) is 0.708.